The molecule has 1 aromatic carbocycles. The number of hydrogen-bond acceptors (Lipinski definition) is 6. The number of benzene rings is 1. The number of halogens is 3. The molecule has 2 aliphatic heterocycles. The first-order valence-electron chi connectivity index (χ1n) is 9.79. The standard InChI is InChI=1S/C19H22N2O4.C2HF3O2/c22-18-12-25-19(14-21(18)17-4-2-1-3-5-17)13-20(7-9-24-15-19)10-16-6-8-23-11-16;3-2(4,5)1(6)7/h1-6,8,11H,7,9-10,12-15H2;(H,6,7). The van der Waals surface area contributed by atoms with Gasteiger partial charge in [0.25, 0.3) is 5.91 Å². The monoisotopic (exact) mass is 456 g/mol. The van der Waals surface area contributed by atoms with Crippen LogP contribution >= 0.6 is 0 Å². The Labute approximate surface area is 182 Å². The second-order valence-electron chi connectivity index (χ2n) is 7.48. The van der Waals surface area contributed by atoms with E-state index in [1.807, 2.05) is 41.3 Å². The Hall–Kier alpha value is -2.89. The van der Waals surface area contributed by atoms with Gasteiger partial charge in [0.05, 0.1) is 32.3 Å². The highest BCUT2D eigenvalue weighted by molar-refractivity contribution is 5.95. The average molecular weight is 456 g/mol. The van der Waals surface area contributed by atoms with Crippen molar-refractivity contribution in [1.29, 1.82) is 0 Å². The van der Waals surface area contributed by atoms with E-state index in [1.165, 1.54) is 0 Å². The molecule has 2 fully saturated rings. The van der Waals surface area contributed by atoms with Crippen molar-refractivity contribution < 1.29 is 41.8 Å². The largest absolute Gasteiger partial charge is 0.490 e. The van der Waals surface area contributed by atoms with Crippen molar-refractivity contribution in [2.24, 2.45) is 0 Å². The van der Waals surface area contributed by atoms with Crippen LogP contribution in [0.3, 0.4) is 0 Å². The number of ether oxygens (including phenoxy) is 2. The van der Waals surface area contributed by atoms with Gasteiger partial charge in [-0.25, -0.2) is 4.79 Å². The molecule has 11 heteroatoms. The number of morpholine rings is 1. The van der Waals surface area contributed by atoms with E-state index in [2.05, 4.69) is 4.90 Å². The van der Waals surface area contributed by atoms with Crippen molar-refractivity contribution in [1.82, 2.24) is 4.90 Å². The number of rotatable bonds is 3. The fraction of sp³-hybridized carbons (Fsp3) is 0.429. The molecule has 1 atom stereocenters. The van der Waals surface area contributed by atoms with Crippen LogP contribution in [0.4, 0.5) is 18.9 Å². The number of carboxylic acid groups (broad SMARTS) is 1. The van der Waals surface area contributed by atoms with Gasteiger partial charge in [-0.05, 0) is 18.2 Å². The molecule has 3 heterocycles. The van der Waals surface area contributed by atoms with Gasteiger partial charge in [-0.1, -0.05) is 18.2 Å². The van der Waals surface area contributed by atoms with Crippen LogP contribution in [-0.2, 0) is 25.6 Å². The Morgan fingerprint density at radius 3 is 2.50 bits per heavy atom. The van der Waals surface area contributed by atoms with Crippen LogP contribution in [0.25, 0.3) is 0 Å². The lowest BCUT2D eigenvalue weighted by molar-refractivity contribution is -0.192. The molecule has 4 rings (SSSR count). The van der Waals surface area contributed by atoms with Crippen molar-refractivity contribution in [2.75, 3.05) is 44.4 Å². The molecule has 0 radical (unpaired) electrons. The zero-order chi connectivity index (χ0) is 23.2. The van der Waals surface area contributed by atoms with E-state index in [-0.39, 0.29) is 12.5 Å². The van der Waals surface area contributed by atoms with Crippen molar-refractivity contribution in [3.8, 4) is 0 Å². The lowest BCUT2D eigenvalue weighted by atomic mass is 10.0. The van der Waals surface area contributed by atoms with Crippen molar-refractivity contribution in [3.05, 3.63) is 54.5 Å². The van der Waals surface area contributed by atoms with E-state index in [0.717, 1.165) is 30.9 Å². The summed E-state index contributed by atoms with van der Waals surface area (Å²) in [6, 6.07) is 11.7. The molecular formula is C21H23F3N2O6. The van der Waals surface area contributed by atoms with Crippen LogP contribution in [0.5, 0.6) is 0 Å². The molecule has 8 nitrogen and oxygen atoms in total. The number of anilines is 1. The van der Waals surface area contributed by atoms with E-state index in [1.54, 1.807) is 12.5 Å². The van der Waals surface area contributed by atoms with Gasteiger partial charge in [-0.2, -0.15) is 13.2 Å². The Morgan fingerprint density at radius 1 is 1.16 bits per heavy atom. The van der Waals surface area contributed by atoms with E-state index in [4.69, 9.17) is 23.8 Å². The number of amides is 1. The quantitative estimate of drug-likeness (QED) is 0.759. The van der Waals surface area contributed by atoms with Crippen molar-refractivity contribution >= 4 is 17.6 Å². The summed E-state index contributed by atoms with van der Waals surface area (Å²) in [7, 11) is 0. The molecule has 2 aromatic rings. The minimum atomic E-state index is -5.08. The third kappa shape index (κ3) is 6.31. The summed E-state index contributed by atoms with van der Waals surface area (Å²) in [6.45, 7) is 4.05. The number of carbonyl (C=O) groups excluding carboxylic acids is 1. The summed E-state index contributed by atoms with van der Waals surface area (Å²) in [5.41, 5.74) is 1.52. The van der Waals surface area contributed by atoms with Crippen LogP contribution in [-0.4, -0.2) is 73.1 Å². The summed E-state index contributed by atoms with van der Waals surface area (Å²) in [5.74, 6) is -2.77. The molecule has 2 aliphatic rings. The van der Waals surface area contributed by atoms with Crippen LogP contribution in [0, 0.1) is 0 Å². The zero-order valence-corrected chi connectivity index (χ0v) is 17.1. The summed E-state index contributed by atoms with van der Waals surface area (Å²) >= 11 is 0. The predicted octanol–water partition coefficient (Wildman–Crippen LogP) is 2.55. The number of nitrogens with zero attached hydrogens (tertiary/aromatic N) is 2. The van der Waals surface area contributed by atoms with Gasteiger partial charge >= 0.3 is 12.1 Å². The summed E-state index contributed by atoms with van der Waals surface area (Å²) in [6.07, 6.45) is -1.63. The van der Waals surface area contributed by atoms with Crippen LogP contribution in [0.1, 0.15) is 5.56 Å². The van der Waals surface area contributed by atoms with Gasteiger partial charge in [0.2, 0.25) is 0 Å². The maximum Gasteiger partial charge on any atom is 0.490 e. The Kier molecular flexibility index (Phi) is 7.54. The third-order valence-electron chi connectivity index (χ3n) is 4.97. The van der Waals surface area contributed by atoms with Gasteiger partial charge < -0.3 is 23.9 Å². The van der Waals surface area contributed by atoms with Crippen molar-refractivity contribution in [3.63, 3.8) is 0 Å². The normalized spacial score (nSPS) is 22.2. The molecule has 32 heavy (non-hydrogen) atoms. The number of para-hydroxylation sites is 1. The molecule has 0 aliphatic carbocycles. The molecule has 1 N–H and O–H groups in total. The molecule has 1 aromatic heterocycles. The third-order valence-corrected chi connectivity index (χ3v) is 4.97. The van der Waals surface area contributed by atoms with E-state index >= 15 is 0 Å². The number of aliphatic carboxylic acids is 1. The van der Waals surface area contributed by atoms with Gasteiger partial charge in [-0.3, -0.25) is 9.69 Å². The molecule has 0 saturated carbocycles. The Bertz CT molecular complexity index is 891. The second-order valence-corrected chi connectivity index (χ2v) is 7.48. The molecule has 1 amide bonds. The fourth-order valence-electron chi connectivity index (χ4n) is 3.50. The van der Waals surface area contributed by atoms with Crippen LogP contribution < -0.4 is 4.90 Å². The van der Waals surface area contributed by atoms with E-state index < -0.39 is 17.7 Å². The molecule has 2 saturated heterocycles. The fourth-order valence-corrected chi connectivity index (χ4v) is 3.50. The highest BCUT2D eigenvalue weighted by atomic mass is 19.4. The van der Waals surface area contributed by atoms with Crippen LogP contribution in [0.2, 0.25) is 0 Å². The highest BCUT2D eigenvalue weighted by Gasteiger charge is 2.43. The Balaban J connectivity index is 0.000000360. The average Bonchev–Trinajstić information content (AvgIpc) is 3.18. The summed E-state index contributed by atoms with van der Waals surface area (Å²) in [5, 5.41) is 7.12. The number of carboxylic acids is 1. The van der Waals surface area contributed by atoms with E-state index in [9.17, 15) is 18.0 Å². The molecule has 1 unspecified atom stereocenters. The maximum atomic E-state index is 12.4. The van der Waals surface area contributed by atoms with Gasteiger partial charge in [0.15, 0.2) is 0 Å². The summed E-state index contributed by atoms with van der Waals surface area (Å²) in [4.78, 5) is 25.4. The SMILES string of the molecule is O=C(O)C(F)(F)F.O=C1COC2(COCCN(Cc3ccoc3)C2)CN1c1ccccc1. The van der Waals surface area contributed by atoms with Gasteiger partial charge in [0.1, 0.15) is 12.2 Å². The van der Waals surface area contributed by atoms with E-state index in [0.29, 0.717) is 19.8 Å². The lowest BCUT2D eigenvalue weighted by Gasteiger charge is -2.43. The van der Waals surface area contributed by atoms with Gasteiger partial charge in [-0.15, -0.1) is 0 Å². The van der Waals surface area contributed by atoms with Crippen LogP contribution in [0.15, 0.2) is 53.3 Å². The summed E-state index contributed by atoms with van der Waals surface area (Å²) < 4.78 is 48.8. The van der Waals surface area contributed by atoms with Crippen molar-refractivity contribution in [2.45, 2.75) is 18.3 Å². The number of alkyl halides is 3. The first-order valence-corrected chi connectivity index (χ1v) is 9.79. The minimum absolute atomic E-state index is 0.0116. The molecular weight excluding hydrogens is 433 g/mol. The second kappa shape index (κ2) is 10.2. The first-order chi connectivity index (χ1) is 15.2. The molecule has 1 spiro atoms. The number of furan rings is 1. The highest BCUT2D eigenvalue weighted by Crippen LogP contribution is 2.27. The lowest BCUT2D eigenvalue weighted by Crippen LogP contribution is -2.60. The molecule has 174 valence electrons. The minimum Gasteiger partial charge on any atom is -0.475 e. The smallest absolute Gasteiger partial charge is 0.475 e. The maximum absolute atomic E-state index is 12.4. The first kappa shape index (κ1) is 23.8. The Morgan fingerprint density at radius 2 is 1.88 bits per heavy atom. The van der Waals surface area contributed by atoms with Gasteiger partial charge in [0, 0.05) is 30.9 Å². The zero-order valence-electron chi connectivity index (χ0n) is 17.1. The number of carbonyl (C=O) groups is 2. The predicted molar refractivity (Wildman–Crippen MR) is 106 cm³/mol. The number of hydrogen-bond donors (Lipinski definition) is 1. The topological polar surface area (TPSA) is 92.4 Å². The molecule has 0 bridgehead atoms.